The molecule has 1 aliphatic rings. The Morgan fingerprint density at radius 3 is 1.95 bits per heavy atom. The number of carbonyl (C=O) groups is 2. The number of carbonyl (C=O) groups excluding carboxylic acids is 1. The van der Waals surface area contributed by atoms with Gasteiger partial charge in [-0.15, -0.1) is 0 Å². The molecule has 2 aromatic rings. The number of benzene rings is 2. The minimum Gasteiger partial charge on any atom is -0.481 e. The molecule has 38 heavy (non-hydrogen) atoms. The Bertz CT molecular complexity index is 1080. The maximum atomic E-state index is 13.2. The molecule has 3 atom stereocenters. The first kappa shape index (κ1) is 29.9. The normalized spacial score (nSPS) is 15.9. The number of nitrogens with one attached hydrogen (secondary N) is 1. The summed E-state index contributed by atoms with van der Waals surface area (Å²) in [5, 5.41) is 12.7. The molecule has 0 spiro atoms. The predicted molar refractivity (Wildman–Crippen MR) is 155 cm³/mol. The Hall–Kier alpha value is -2.64. The van der Waals surface area contributed by atoms with Crippen LogP contribution >= 0.6 is 0 Å². The molecule has 0 aromatic heterocycles. The van der Waals surface area contributed by atoms with E-state index in [9.17, 15) is 14.7 Å². The summed E-state index contributed by atoms with van der Waals surface area (Å²) in [6.07, 6.45) is 0.0628. The number of ether oxygens (including phenoxy) is 1. The highest BCUT2D eigenvalue weighted by molar-refractivity contribution is 6.74. The van der Waals surface area contributed by atoms with Gasteiger partial charge in [-0.3, -0.25) is 4.79 Å². The summed E-state index contributed by atoms with van der Waals surface area (Å²) in [7, 11) is -2.24. The van der Waals surface area contributed by atoms with Gasteiger partial charge < -0.3 is 19.6 Å². The maximum absolute atomic E-state index is 13.2. The maximum Gasteiger partial charge on any atom is 0.407 e. The minimum atomic E-state index is -2.24. The van der Waals surface area contributed by atoms with Crippen LogP contribution in [0.5, 0.6) is 0 Å². The number of carboxylic acid groups (broad SMARTS) is 1. The lowest BCUT2D eigenvalue weighted by atomic mass is 9.93. The zero-order valence-electron chi connectivity index (χ0n) is 24.2. The first-order valence-electron chi connectivity index (χ1n) is 13.7. The summed E-state index contributed by atoms with van der Waals surface area (Å²) in [6, 6.07) is 16.1. The second-order valence-corrected chi connectivity index (χ2v) is 17.4. The SMILES string of the molecule is CC(C)C[C@H](NC(=O)OCC1c2ccccc2-c2ccccc21)[C@H](C[C@@H](C)C(=O)O)O[Si](C)(C)C(C)(C)C. The molecular formula is C31H45NO5Si. The van der Waals surface area contributed by atoms with Crippen molar-refractivity contribution < 1.29 is 23.9 Å². The van der Waals surface area contributed by atoms with Gasteiger partial charge in [0.05, 0.1) is 18.1 Å². The molecule has 0 radical (unpaired) electrons. The second kappa shape index (κ2) is 12.0. The van der Waals surface area contributed by atoms with Crippen LogP contribution in [0.25, 0.3) is 11.1 Å². The van der Waals surface area contributed by atoms with Crippen molar-refractivity contribution in [3.05, 3.63) is 59.7 Å². The molecule has 2 N–H and O–H groups in total. The highest BCUT2D eigenvalue weighted by Crippen LogP contribution is 2.44. The van der Waals surface area contributed by atoms with E-state index in [1.165, 1.54) is 11.1 Å². The summed E-state index contributed by atoms with van der Waals surface area (Å²) in [4.78, 5) is 25.0. The van der Waals surface area contributed by atoms with Crippen molar-refractivity contribution in [1.82, 2.24) is 5.32 Å². The van der Waals surface area contributed by atoms with E-state index in [4.69, 9.17) is 9.16 Å². The number of hydrogen-bond donors (Lipinski definition) is 2. The van der Waals surface area contributed by atoms with Crippen LogP contribution in [-0.2, 0) is 14.0 Å². The van der Waals surface area contributed by atoms with Crippen molar-refractivity contribution in [3.63, 3.8) is 0 Å². The molecule has 0 unspecified atom stereocenters. The molecule has 1 aliphatic carbocycles. The van der Waals surface area contributed by atoms with Gasteiger partial charge in [0.2, 0.25) is 0 Å². The lowest BCUT2D eigenvalue weighted by Crippen LogP contribution is -2.53. The fourth-order valence-electron chi connectivity index (χ4n) is 4.90. The quantitative estimate of drug-likeness (QED) is 0.290. The van der Waals surface area contributed by atoms with Crippen LogP contribution in [0.1, 0.15) is 71.4 Å². The number of aliphatic carboxylic acids is 1. The molecule has 1 amide bonds. The van der Waals surface area contributed by atoms with Crippen LogP contribution in [0.3, 0.4) is 0 Å². The summed E-state index contributed by atoms with van der Waals surface area (Å²) < 4.78 is 12.6. The largest absolute Gasteiger partial charge is 0.481 e. The smallest absolute Gasteiger partial charge is 0.407 e. The summed E-state index contributed by atoms with van der Waals surface area (Å²) in [6.45, 7) is 16.9. The number of hydrogen-bond acceptors (Lipinski definition) is 4. The van der Waals surface area contributed by atoms with E-state index in [0.717, 1.165) is 11.1 Å². The molecule has 0 fully saturated rings. The lowest BCUT2D eigenvalue weighted by Gasteiger charge is -2.42. The van der Waals surface area contributed by atoms with Gasteiger partial charge >= 0.3 is 12.1 Å². The Morgan fingerprint density at radius 2 is 1.47 bits per heavy atom. The summed E-state index contributed by atoms with van der Waals surface area (Å²) >= 11 is 0. The Labute approximate surface area is 229 Å². The molecule has 7 heteroatoms. The average molecular weight is 540 g/mol. The van der Waals surface area contributed by atoms with Crippen molar-refractivity contribution in [3.8, 4) is 11.1 Å². The highest BCUT2D eigenvalue weighted by Gasteiger charge is 2.42. The van der Waals surface area contributed by atoms with Crippen LogP contribution in [-0.4, -0.2) is 44.2 Å². The molecule has 6 nitrogen and oxygen atoms in total. The van der Waals surface area contributed by atoms with Crippen molar-refractivity contribution in [2.24, 2.45) is 11.8 Å². The number of fused-ring (bicyclic) bond motifs is 3. The molecule has 0 heterocycles. The monoisotopic (exact) mass is 539 g/mol. The molecule has 0 aliphatic heterocycles. The first-order chi connectivity index (χ1) is 17.7. The molecule has 3 rings (SSSR count). The van der Waals surface area contributed by atoms with Gasteiger partial charge in [-0.25, -0.2) is 4.79 Å². The fourth-order valence-corrected chi connectivity index (χ4v) is 6.27. The van der Waals surface area contributed by atoms with Gasteiger partial charge in [0.25, 0.3) is 0 Å². The average Bonchev–Trinajstić information content (AvgIpc) is 3.14. The zero-order chi connectivity index (χ0) is 28.3. The third kappa shape index (κ3) is 7.06. The van der Waals surface area contributed by atoms with E-state index in [2.05, 4.69) is 77.3 Å². The minimum absolute atomic E-state index is 0.0250. The molecule has 0 saturated heterocycles. The number of rotatable bonds is 11. The number of carboxylic acids is 1. The molecule has 0 saturated carbocycles. The molecule has 208 valence electrons. The third-order valence-corrected chi connectivity index (χ3v) is 12.6. The fraction of sp³-hybridized carbons (Fsp3) is 0.548. The Balaban J connectivity index is 1.79. The van der Waals surface area contributed by atoms with Crippen molar-refractivity contribution in [1.29, 1.82) is 0 Å². The first-order valence-corrected chi connectivity index (χ1v) is 16.6. The summed E-state index contributed by atoms with van der Waals surface area (Å²) in [5.41, 5.74) is 4.69. The van der Waals surface area contributed by atoms with Crippen molar-refractivity contribution in [2.75, 3.05) is 6.61 Å². The Morgan fingerprint density at radius 1 is 0.947 bits per heavy atom. The highest BCUT2D eigenvalue weighted by atomic mass is 28.4. The molecular weight excluding hydrogens is 494 g/mol. The standard InChI is InChI=1S/C31H45NO5Si/c1-20(2)17-27(28(18-21(3)29(33)34)37-38(7,8)31(4,5)6)32-30(35)36-19-26-24-15-11-9-13-22(24)23-14-10-12-16-25(23)26/h9-16,20-21,26-28H,17-19H2,1-8H3,(H,32,35)(H,33,34)/t21-,27+,28+/m1/s1. The summed E-state index contributed by atoms with van der Waals surface area (Å²) in [5.74, 6) is -1.20. The van der Waals surface area contributed by atoms with Gasteiger partial charge in [0.15, 0.2) is 8.32 Å². The zero-order valence-corrected chi connectivity index (χ0v) is 25.2. The van der Waals surface area contributed by atoms with Crippen LogP contribution in [0.15, 0.2) is 48.5 Å². The predicted octanol–water partition coefficient (Wildman–Crippen LogP) is 7.44. The van der Waals surface area contributed by atoms with Gasteiger partial charge in [0.1, 0.15) is 6.61 Å². The van der Waals surface area contributed by atoms with Crippen LogP contribution in [0, 0.1) is 11.8 Å². The van der Waals surface area contributed by atoms with Crippen molar-refractivity contribution >= 4 is 20.4 Å². The third-order valence-electron chi connectivity index (χ3n) is 8.08. The van der Waals surface area contributed by atoms with E-state index >= 15 is 0 Å². The molecule has 2 aromatic carbocycles. The van der Waals surface area contributed by atoms with Crippen LogP contribution in [0.2, 0.25) is 18.1 Å². The van der Waals surface area contributed by atoms with E-state index < -0.39 is 32.4 Å². The van der Waals surface area contributed by atoms with E-state index in [1.807, 2.05) is 24.3 Å². The van der Waals surface area contributed by atoms with Crippen LogP contribution in [0.4, 0.5) is 4.79 Å². The van der Waals surface area contributed by atoms with E-state index in [1.54, 1.807) is 6.92 Å². The van der Waals surface area contributed by atoms with Gasteiger partial charge in [-0.2, -0.15) is 0 Å². The molecule has 0 bridgehead atoms. The van der Waals surface area contributed by atoms with Crippen molar-refractivity contribution in [2.45, 2.75) is 90.6 Å². The lowest BCUT2D eigenvalue weighted by molar-refractivity contribution is -0.142. The van der Waals surface area contributed by atoms with E-state index in [0.29, 0.717) is 12.8 Å². The van der Waals surface area contributed by atoms with Crippen LogP contribution < -0.4 is 5.32 Å². The topological polar surface area (TPSA) is 84.9 Å². The van der Waals surface area contributed by atoms with Gasteiger partial charge in [0, 0.05) is 5.92 Å². The number of amides is 1. The van der Waals surface area contributed by atoms with Gasteiger partial charge in [-0.05, 0) is 59.1 Å². The van der Waals surface area contributed by atoms with Gasteiger partial charge in [-0.1, -0.05) is 90.1 Å². The van der Waals surface area contributed by atoms with E-state index in [-0.39, 0.29) is 29.5 Å². The second-order valence-electron chi connectivity index (χ2n) is 12.6. The Kier molecular flexibility index (Phi) is 9.47. The number of alkyl carbamates (subject to hydrolysis) is 1.